The van der Waals surface area contributed by atoms with Crippen LogP contribution in [0.25, 0.3) is 0 Å². The summed E-state index contributed by atoms with van der Waals surface area (Å²) in [6.07, 6.45) is -0.769. The number of hydrogen-bond acceptors (Lipinski definition) is 4. The maximum Gasteiger partial charge on any atom is 0.323 e. The third-order valence-corrected chi connectivity index (χ3v) is 0.900. The zero-order valence-corrected chi connectivity index (χ0v) is 4.13. The molecule has 0 aromatic heterocycles. The van der Waals surface area contributed by atoms with Gasteiger partial charge in [0.05, 0.1) is 4.92 Å². The van der Waals surface area contributed by atoms with Crippen molar-refractivity contribution in [3.05, 3.63) is 16.7 Å². The summed E-state index contributed by atoms with van der Waals surface area (Å²) in [5.74, 6) is 0. The first-order chi connectivity index (χ1) is 3.80. The minimum atomic E-state index is -0.769. The van der Waals surface area contributed by atoms with Crippen LogP contribution in [0.2, 0.25) is 0 Å². The van der Waals surface area contributed by atoms with Crippen LogP contribution >= 0.6 is 0 Å². The van der Waals surface area contributed by atoms with E-state index in [1.54, 1.807) is 6.54 Å². The standard InChI is InChI=1S/C3H6N3O2/c7-6(8)3-4-1-2-5-3/h1,3-5H,2H2. The lowest BCUT2D eigenvalue weighted by Gasteiger charge is -1.97. The van der Waals surface area contributed by atoms with Gasteiger partial charge >= 0.3 is 6.29 Å². The minimum Gasteiger partial charge on any atom is -0.262 e. The molecule has 0 amide bonds. The molecule has 0 saturated carbocycles. The average Bonchev–Trinajstić information content (AvgIpc) is 2.12. The molecule has 1 aliphatic heterocycles. The Labute approximate surface area is 46.2 Å². The predicted octanol–water partition coefficient (Wildman–Crippen LogP) is -1.10. The van der Waals surface area contributed by atoms with Crippen molar-refractivity contribution in [1.82, 2.24) is 10.6 Å². The van der Waals surface area contributed by atoms with Gasteiger partial charge < -0.3 is 0 Å². The fourth-order valence-electron chi connectivity index (χ4n) is 0.535. The second kappa shape index (κ2) is 2.06. The Bertz CT molecular complexity index is 98.7. The van der Waals surface area contributed by atoms with Gasteiger partial charge in [-0.25, -0.2) is 10.6 Å². The van der Waals surface area contributed by atoms with Crippen LogP contribution < -0.4 is 10.6 Å². The van der Waals surface area contributed by atoms with Crippen LogP contribution in [0.1, 0.15) is 0 Å². The van der Waals surface area contributed by atoms with Gasteiger partial charge in [0, 0.05) is 13.1 Å². The lowest BCUT2D eigenvalue weighted by molar-refractivity contribution is -0.531. The molecule has 1 radical (unpaired) electrons. The van der Waals surface area contributed by atoms with E-state index in [0.717, 1.165) is 0 Å². The summed E-state index contributed by atoms with van der Waals surface area (Å²) in [5.41, 5.74) is 0. The molecule has 0 aromatic rings. The molecule has 1 unspecified atom stereocenters. The smallest absolute Gasteiger partial charge is 0.262 e. The number of nitrogens with zero attached hydrogens (tertiary/aromatic N) is 1. The van der Waals surface area contributed by atoms with E-state index in [2.05, 4.69) is 10.6 Å². The summed E-state index contributed by atoms with van der Waals surface area (Å²) in [5, 5.41) is 15.0. The van der Waals surface area contributed by atoms with Gasteiger partial charge in [-0.05, 0) is 0 Å². The molecule has 1 atom stereocenters. The maximum absolute atomic E-state index is 9.86. The van der Waals surface area contributed by atoms with Crippen molar-refractivity contribution in [1.29, 1.82) is 0 Å². The molecule has 2 N–H and O–H groups in total. The average molecular weight is 116 g/mol. The molecule has 5 nitrogen and oxygen atoms in total. The molecule has 0 aliphatic carbocycles. The molecule has 0 aromatic carbocycles. The fourth-order valence-corrected chi connectivity index (χ4v) is 0.535. The molecule has 45 valence electrons. The summed E-state index contributed by atoms with van der Waals surface area (Å²) in [7, 11) is 0. The zero-order valence-electron chi connectivity index (χ0n) is 4.13. The molecular formula is C3H6N3O2. The van der Waals surface area contributed by atoms with E-state index in [1.807, 2.05) is 0 Å². The Kier molecular flexibility index (Phi) is 1.40. The van der Waals surface area contributed by atoms with E-state index in [4.69, 9.17) is 0 Å². The van der Waals surface area contributed by atoms with Crippen molar-refractivity contribution in [3.63, 3.8) is 0 Å². The first kappa shape index (κ1) is 5.46. The second-order valence-corrected chi connectivity index (χ2v) is 1.47. The SMILES string of the molecule is O=[N+]([O-])C1N[CH]CN1. The van der Waals surface area contributed by atoms with Crippen LogP contribution in [0.3, 0.4) is 0 Å². The molecule has 1 rings (SSSR count). The van der Waals surface area contributed by atoms with E-state index in [9.17, 15) is 10.1 Å². The van der Waals surface area contributed by atoms with Crippen molar-refractivity contribution in [2.24, 2.45) is 0 Å². The van der Waals surface area contributed by atoms with Crippen molar-refractivity contribution >= 4 is 0 Å². The van der Waals surface area contributed by atoms with Crippen LogP contribution in [0, 0.1) is 16.7 Å². The minimum absolute atomic E-state index is 0.413. The molecule has 5 heteroatoms. The van der Waals surface area contributed by atoms with Gasteiger partial charge in [0.25, 0.3) is 0 Å². The molecule has 8 heavy (non-hydrogen) atoms. The highest BCUT2D eigenvalue weighted by Crippen LogP contribution is 1.87. The van der Waals surface area contributed by atoms with E-state index >= 15 is 0 Å². The Morgan fingerprint density at radius 2 is 2.62 bits per heavy atom. The normalized spacial score (nSPS) is 21.5. The first-order valence-electron chi connectivity index (χ1n) is 2.25. The lowest BCUT2D eigenvalue weighted by Crippen LogP contribution is -2.38. The Balaban J connectivity index is 2.35. The number of rotatable bonds is 1. The third-order valence-electron chi connectivity index (χ3n) is 0.900. The molecule has 1 fully saturated rings. The highest BCUT2D eigenvalue weighted by molar-refractivity contribution is 4.74. The Morgan fingerprint density at radius 1 is 1.88 bits per heavy atom. The topological polar surface area (TPSA) is 67.2 Å². The molecule has 0 spiro atoms. The summed E-state index contributed by atoms with van der Waals surface area (Å²) in [4.78, 5) is 9.45. The van der Waals surface area contributed by atoms with Crippen LogP contribution in [-0.2, 0) is 0 Å². The van der Waals surface area contributed by atoms with Gasteiger partial charge in [0.1, 0.15) is 0 Å². The molecule has 0 bridgehead atoms. The van der Waals surface area contributed by atoms with E-state index < -0.39 is 11.2 Å². The van der Waals surface area contributed by atoms with Crippen molar-refractivity contribution in [2.75, 3.05) is 6.54 Å². The van der Waals surface area contributed by atoms with Crippen LogP contribution in [0.5, 0.6) is 0 Å². The number of nitrogens with one attached hydrogen (secondary N) is 2. The lowest BCUT2D eigenvalue weighted by atomic mass is 10.7. The van der Waals surface area contributed by atoms with Crippen LogP contribution in [0.15, 0.2) is 0 Å². The highest BCUT2D eigenvalue weighted by Gasteiger charge is 2.22. The van der Waals surface area contributed by atoms with Crippen LogP contribution in [-0.4, -0.2) is 17.8 Å². The van der Waals surface area contributed by atoms with E-state index in [-0.39, 0.29) is 0 Å². The Morgan fingerprint density at radius 3 is 2.88 bits per heavy atom. The van der Waals surface area contributed by atoms with Gasteiger partial charge in [-0.3, -0.25) is 10.1 Å². The maximum atomic E-state index is 9.86. The van der Waals surface area contributed by atoms with Crippen molar-refractivity contribution in [3.8, 4) is 0 Å². The van der Waals surface area contributed by atoms with Crippen molar-refractivity contribution < 1.29 is 4.92 Å². The summed E-state index contributed by atoms with van der Waals surface area (Å²) in [6.45, 7) is 2.18. The molecule has 1 saturated heterocycles. The van der Waals surface area contributed by atoms with Gasteiger partial charge in [-0.1, -0.05) is 0 Å². The largest absolute Gasteiger partial charge is 0.323 e. The second-order valence-electron chi connectivity index (χ2n) is 1.47. The van der Waals surface area contributed by atoms with E-state index in [1.165, 1.54) is 0 Å². The highest BCUT2D eigenvalue weighted by atomic mass is 16.6. The van der Waals surface area contributed by atoms with Gasteiger partial charge in [-0.15, -0.1) is 0 Å². The Hall–Kier alpha value is -0.680. The molecular weight excluding hydrogens is 110 g/mol. The van der Waals surface area contributed by atoms with Gasteiger partial charge in [0.15, 0.2) is 0 Å². The monoisotopic (exact) mass is 116 g/mol. The third kappa shape index (κ3) is 0.932. The van der Waals surface area contributed by atoms with E-state index in [0.29, 0.717) is 6.54 Å². The molecule has 1 heterocycles. The predicted molar refractivity (Wildman–Crippen MR) is 26.2 cm³/mol. The number of nitro groups is 1. The molecule has 1 aliphatic rings. The first-order valence-corrected chi connectivity index (χ1v) is 2.25. The zero-order chi connectivity index (χ0) is 5.98. The number of hydrogen-bond donors (Lipinski definition) is 2. The van der Waals surface area contributed by atoms with Crippen LogP contribution in [0.4, 0.5) is 0 Å². The van der Waals surface area contributed by atoms with Crippen molar-refractivity contribution in [2.45, 2.75) is 6.29 Å². The quantitative estimate of drug-likeness (QED) is 0.337. The summed E-state index contributed by atoms with van der Waals surface area (Å²) >= 11 is 0. The van der Waals surface area contributed by atoms with Gasteiger partial charge in [-0.2, -0.15) is 0 Å². The summed E-state index contributed by atoms with van der Waals surface area (Å²) in [6, 6.07) is 0. The summed E-state index contributed by atoms with van der Waals surface area (Å²) < 4.78 is 0. The van der Waals surface area contributed by atoms with Gasteiger partial charge in [0.2, 0.25) is 0 Å². The fraction of sp³-hybridized carbons (Fsp3) is 0.667.